The van der Waals surface area contributed by atoms with Crippen molar-refractivity contribution in [2.24, 2.45) is 5.41 Å². The number of rotatable bonds is 12. The van der Waals surface area contributed by atoms with Gasteiger partial charge in [0.05, 0.1) is 12.7 Å². The molecule has 0 spiro atoms. The van der Waals surface area contributed by atoms with Gasteiger partial charge in [-0.3, -0.25) is 9.59 Å². The average molecular weight is 574 g/mol. The lowest BCUT2D eigenvalue weighted by Crippen LogP contribution is -2.59. The van der Waals surface area contributed by atoms with Crippen molar-refractivity contribution in [1.29, 1.82) is 0 Å². The van der Waals surface area contributed by atoms with Crippen LogP contribution in [0.4, 0.5) is 4.79 Å². The quantitative estimate of drug-likeness (QED) is 0.196. The molecule has 2 rings (SSSR count). The summed E-state index contributed by atoms with van der Waals surface area (Å²) in [7, 11) is 0. The number of aliphatic hydroxyl groups is 1. The van der Waals surface area contributed by atoms with Crippen molar-refractivity contribution in [2.75, 3.05) is 26.4 Å². The summed E-state index contributed by atoms with van der Waals surface area (Å²) >= 11 is 0. The van der Waals surface area contributed by atoms with E-state index in [4.69, 9.17) is 20.6 Å². The molecule has 11 nitrogen and oxygen atoms in total. The topological polar surface area (TPSA) is 144 Å². The molecule has 0 saturated carbocycles. The van der Waals surface area contributed by atoms with Gasteiger partial charge in [0.25, 0.3) is 0 Å². The highest BCUT2D eigenvalue weighted by Crippen LogP contribution is 2.30. The summed E-state index contributed by atoms with van der Waals surface area (Å²) < 4.78 is 15.7. The minimum absolute atomic E-state index is 0.0514. The summed E-state index contributed by atoms with van der Waals surface area (Å²) in [6.07, 6.45) is 4.01. The summed E-state index contributed by atoms with van der Waals surface area (Å²) in [4.78, 5) is 52.8. The normalized spacial score (nSPS) is 17.8. The summed E-state index contributed by atoms with van der Waals surface area (Å²) in [6, 6.07) is 5.07. The maximum atomic E-state index is 14.0. The van der Waals surface area contributed by atoms with Crippen LogP contribution in [0.3, 0.4) is 0 Å². The number of aliphatic hydroxyl groups excluding tert-OH is 1. The van der Waals surface area contributed by atoms with Gasteiger partial charge in [-0.05, 0) is 57.2 Å². The van der Waals surface area contributed by atoms with Gasteiger partial charge < -0.3 is 34.9 Å². The summed E-state index contributed by atoms with van der Waals surface area (Å²) in [5.74, 6) is 1.06. The largest absolute Gasteiger partial charge is 0.464 e. The molecule has 1 aromatic carbocycles. The molecule has 1 saturated heterocycles. The van der Waals surface area contributed by atoms with Crippen LogP contribution in [-0.4, -0.2) is 84.0 Å². The molecule has 41 heavy (non-hydrogen) atoms. The van der Waals surface area contributed by atoms with Crippen molar-refractivity contribution >= 4 is 23.9 Å². The number of hydrogen-bond donors (Lipinski definition) is 3. The number of amides is 3. The van der Waals surface area contributed by atoms with Gasteiger partial charge in [-0.25, -0.2) is 9.59 Å². The van der Waals surface area contributed by atoms with Gasteiger partial charge in [-0.15, -0.1) is 6.42 Å². The monoisotopic (exact) mass is 573 g/mol. The first-order valence-corrected chi connectivity index (χ1v) is 13.7. The van der Waals surface area contributed by atoms with Crippen LogP contribution in [0.25, 0.3) is 0 Å². The van der Waals surface area contributed by atoms with Gasteiger partial charge >= 0.3 is 12.1 Å². The molecule has 0 aliphatic carbocycles. The highest BCUT2D eigenvalue weighted by molar-refractivity contribution is 5.92. The van der Waals surface area contributed by atoms with E-state index in [-0.39, 0.29) is 45.8 Å². The zero-order valence-electron chi connectivity index (χ0n) is 24.8. The second kappa shape index (κ2) is 14.8. The standard InChI is InChI=1S/C30H43N3O8/c1-8-20-10-12-21(13-11-20)17-31-26(36)23-16-22(34)18-33(23)27(37)25(32-28(38)41-29(3,4)5)30(6,7)14-15-39-19-24(35)40-9-2/h1,10-13,22-23,25,34H,9,14-19H2,2-7H3,(H,31,36)(H,32,38)/t22-,23+,25-/m1/s1. The first-order valence-electron chi connectivity index (χ1n) is 13.7. The fourth-order valence-electron chi connectivity index (χ4n) is 4.35. The maximum absolute atomic E-state index is 14.0. The number of ether oxygens (including phenoxy) is 3. The van der Waals surface area contributed by atoms with Gasteiger partial charge in [0.15, 0.2) is 0 Å². The molecule has 0 unspecified atom stereocenters. The Morgan fingerprint density at radius 1 is 1.15 bits per heavy atom. The van der Waals surface area contributed by atoms with E-state index in [1.807, 2.05) is 0 Å². The number of esters is 1. The van der Waals surface area contributed by atoms with Crippen LogP contribution in [0.1, 0.15) is 65.5 Å². The van der Waals surface area contributed by atoms with E-state index in [0.29, 0.717) is 5.56 Å². The summed E-state index contributed by atoms with van der Waals surface area (Å²) in [6.45, 7) is 10.6. The highest BCUT2D eigenvalue weighted by Gasteiger charge is 2.46. The SMILES string of the molecule is C#Cc1ccc(CNC(=O)[C@@H]2C[C@@H](O)CN2C(=O)[C@@H](NC(=O)OC(C)(C)C)C(C)(C)CCOCC(=O)OCC)cc1. The van der Waals surface area contributed by atoms with Crippen LogP contribution in [0.2, 0.25) is 0 Å². The Morgan fingerprint density at radius 2 is 1.80 bits per heavy atom. The van der Waals surface area contributed by atoms with Crippen molar-refractivity contribution in [3.63, 3.8) is 0 Å². The lowest BCUT2D eigenvalue weighted by Gasteiger charge is -2.37. The average Bonchev–Trinajstić information content (AvgIpc) is 3.29. The van der Waals surface area contributed by atoms with Crippen LogP contribution in [0, 0.1) is 17.8 Å². The molecule has 1 fully saturated rings. The number of terminal acetylenes is 1. The Kier molecular flexibility index (Phi) is 12.2. The molecule has 1 aliphatic rings. The Labute approximate surface area is 242 Å². The zero-order valence-corrected chi connectivity index (χ0v) is 24.8. The Bertz CT molecular complexity index is 1100. The second-order valence-corrected chi connectivity index (χ2v) is 11.6. The van der Waals surface area contributed by atoms with E-state index in [9.17, 15) is 24.3 Å². The predicted octanol–water partition coefficient (Wildman–Crippen LogP) is 2.14. The number of carbonyl (C=O) groups excluding carboxylic acids is 4. The molecule has 3 amide bonds. The minimum Gasteiger partial charge on any atom is -0.464 e. The molecule has 226 valence electrons. The van der Waals surface area contributed by atoms with Gasteiger partial charge in [-0.2, -0.15) is 0 Å². The number of hydrogen-bond acceptors (Lipinski definition) is 8. The lowest BCUT2D eigenvalue weighted by atomic mass is 9.80. The van der Waals surface area contributed by atoms with Crippen molar-refractivity contribution in [2.45, 2.75) is 84.7 Å². The van der Waals surface area contributed by atoms with Crippen LogP contribution in [0.15, 0.2) is 24.3 Å². The van der Waals surface area contributed by atoms with E-state index < -0.39 is 53.1 Å². The number of benzene rings is 1. The molecule has 1 heterocycles. The van der Waals surface area contributed by atoms with Crippen molar-refractivity contribution < 1.29 is 38.5 Å². The molecule has 0 bridgehead atoms. The van der Waals surface area contributed by atoms with E-state index >= 15 is 0 Å². The van der Waals surface area contributed by atoms with Crippen LogP contribution < -0.4 is 10.6 Å². The second-order valence-electron chi connectivity index (χ2n) is 11.6. The van der Waals surface area contributed by atoms with Crippen LogP contribution in [-0.2, 0) is 35.1 Å². The molecule has 0 aromatic heterocycles. The number of nitrogens with zero attached hydrogens (tertiary/aromatic N) is 1. The van der Waals surface area contributed by atoms with E-state index in [0.717, 1.165) is 5.56 Å². The smallest absolute Gasteiger partial charge is 0.408 e. The molecule has 1 aliphatic heterocycles. The molecular weight excluding hydrogens is 530 g/mol. The molecule has 3 atom stereocenters. The molecule has 0 radical (unpaired) electrons. The van der Waals surface area contributed by atoms with Crippen molar-refractivity contribution in [3.8, 4) is 12.3 Å². The summed E-state index contributed by atoms with van der Waals surface area (Å²) in [5.41, 5.74) is -0.166. The van der Waals surface area contributed by atoms with Gasteiger partial charge in [0.1, 0.15) is 24.3 Å². The lowest BCUT2D eigenvalue weighted by molar-refractivity contribution is -0.149. The van der Waals surface area contributed by atoms with Gasteiger partial charge in [0.2, 0.25) is 11.8 Å². The Morgan fingerprint density at radius 3 is 2.39 bits per heavy atom. The van der Waals surface area contributed by atoms with E-state index in [1.54, 1.807) is 65.8 Å². The number of β-amino-alcohol motifs (C(OH)–C–C–N with tert-alkyl or cyclic N) is 1. The van der Waals surface area contributed by atoms with E-state index in [2.05, 4.69) is 16.6 Å². The fourth-order valence-corrected chi connectivity index (χ4v) is 4.35. The third-order valence-corrected chi connectivity index (χ3v) is 6.56. The van der Waals surface area contributed by atoms with Crippen LogP contribution >= 0.6 is 0 Å². The molecule has 3 N–H and O–H groups in total. The summed E-state index contributed by atoms with van der Waals surface area (Å²) in [5, 5.41) is 15.9. The zero-order chi connectivity index (χ0) is 30.8. The highest BCUT2D eigenvalue weighted by atomic mass is 16.6. The van der Waals surface area contributed by atoms with Crippen LogP contribution in [0.5, 0.6) is 0 Å². The van der Waals surface area contributed by atoms with Gasteiger partial charge in [0, 0.05) is 31.7 Å². The van der Waals surface area contributed by atoms with E-state index in [1.165, 1.54) is 4.90 Å². The maximum Gasteiger partial charge on any atom is 0.408 e. The number of nitrogens with one attached hydrogen (secondary N) is 2. The van der Waals surface area contributed by atoms with Crippen molar-refractivity contribution in [3.05, 3.63) is 35.4 Å². The Balaban J connectivity index is 2.19. The molecule has 1 aromatic rings. The number of alkyl carbamates (subject to hydrolysis) is 1. The Hall–Kier alpha value is -3.62. The predicted molar refractivity (Wildman–Crippen MR) is 151 cm³/mol. The molecule has 11 heteroatoms. The minimum atomic E-state index is -1.12. The third kappa shape index (κ3) is 10.7. The molecular formula is C30H43N3O8. The number of carbonyl (C=O) groups is 4. The number of likely N-dealkylation sites (tertiary alicyclic amines) is 1. The van der Waals surface area contributed by atoms with Gasteiger partial charge in [-0.1, -0.05) is 31.9 Å². The first kappa shape index (κ1) is 33.6. The third-order valence-electron chi connectivity index (χ3n) is 6.56. The fraction of sp³-hybridized carbons (Fsp3) is 0.600. The first-order chi connectivity index (χ1) is 19.2. The van der Waals surface area contributed by atoms with Crippen molar-refractivity contribution in [1.82, 2.24) is 15.5 Å².